The van der Waals surface area contributed by atoms with Crippen molar-refractivity contribution in [3.8, 4) is 0 Å². The van der Waals surface area contributed by atoms with Gasteiger partial charge >= 0.3 is 0 Å². The first-order chi connectivity index (χ1) is 8.05. The Hall–Kier alpha value is -0.160. The molecule has 0 aliphatic rings. The smallest absolute Gasteiger partial charge is 0.158 e. The van der Waals surface area contributed by atoms with Crippen LogP contribution in [0.4, 0.5) is 0 Å². The molecule has 0 aliphatic heterocycles. The Morgan fingerprint density at radius 2 is 1.76 bits per heavy atom. The van der Waals surface area contributed by atoms with Crippen molar-refractivity contribution < 1.29 is 14.6 Å². The second-order valence-corrected chi connectivity index (χ2v) is 4.55. The van der Waals surface area contributed by atoms with Gasteiger partial charge in [0.2, 0.25) is 0 Å². The summed E-state index contributed by atoms with van der Waals surface area (Å²) in [5, 5.41) is 13.2. The van der Waals surface area contributed by atoms with Crippen LogP contribution >= 0.6 is 0 Å². The number of ether oxygens (including phenoxy) is 2. The first-order valence-corrected chi connectivity index (χ1v) is 6.72. The van der Waals surface area contributed by atoms with E-state index in [-0.39, 0.29) is 6.29 Å². The van der Waals surface area contributed by atoms with Gasteiger partial charge in [-0.1, -0.05) is 13.3 Å². The van der Waals surface area contributed by atoms with Gasteiger partial charge in [0.1, 0.15) is 0 Å². The number of hydrogen-bond donors (Lipinski definition) is 2. The molecule has 0 aromatic rings. The van der Waals surface area contributed by atoms with Crippen molar-refractivity contribution in [1.29, 1.82) is 0 Å². The average molecular weight is 247 g/mol. The maximum Gasteiger partial charge on any atom is 0.158 e. The summed E-state index contributed by atoms with van der Waals surface area (Å²) in [6, 6.07) is 0. The largest absolute Gasteiger partial charge is 0.389 e. The van der Waals surface area contributed by atoms with Crippen LogP contribution in [-0.4, -0.2) is 43.3 Å². The molecule has 0 aliphatic carbocycles. The molecule has 1 atom stereocenters. The van der Waals surface area contributed by atoms with Crippen LogP contribution in [0.1, 0.15) is 47.0 Å². The zero-order valence-electron chi connectivity index (χ0n) is 11.8. The molecule has 4 heteroatoms. The van der Waals surface area contributed by atoms with E-state index in [4.69, 9.17) is 9.47 Å². The van der Waals surface area contributed by atoms with Gasteiger partial charge in [-0.2, -0.15) is 0 Å². The molecule has 0 saturated carbocycles. The van der Waals surface area contributed by atoms with Crippen molar-refractivity contribution >= 4 is 0 Å². The van der Waals surface area contributed by atoms with E-state index in [1.165, 1.54) is 0 Å². The molecule has 0 aromatic carbocycles. The molecule has 0 spiro atoms. The Balaban J connectivity index is 3.66. The van der Waals surface area contributed by atoms with E-state index in [2.05, 4.69) is 12.2 Å². The zero-order valence-corrected chi connectivity index (χ0v) is 11.8. The fourth-order valence-electron chi connectivity index (χ4n) is 1.79. The lowest BCUT2D eigenvalue weighted by molar-refractivity contribution is -0.138. The SMILES string of the molecule is CCCC(C)(O)CNCCC(OCC)OCC. The summed E-state index contributed by atoms with van der Waals surface area (Å²) in [6.07, 6.45) is 2.49. The van der Waals surface area contributed by atoms with Gasteiger partial charge in [0, 0.05) is 32.7 Å². The molecule has 2 N–H and O–H groups in total. The molecule has 0 fully saturated rings. The highest BCUT2D eigenvalue weighted by Crippen LogP contribution is 2.10. The number of rotatable bonds is 11. The van der Waals surface area contributed by atoms with Crippen LogP contribution in [-0.2, 0) is 9.47 Å². The van der Waals surface area contributed by atoms with Crippen LogP contribution in [0.25, 0.3) is 0 Å². The van der Waals surface area contributed by atoms with Gasteiger partial charge in [-0.25, -0.2) is 0 Å². The molecule has 0 bridgehead atoms. The summed E-state index contributed by atoms with van der Waals surface area (Å²) in [5.41, 5.74) is -0.610. The van der Waals surface area contributed by atoms with Crippen LogP contribution in [0.2, 0.25) is 0 Å². The Kier molecular flexibility index (Phi) is 9.74. The minimum absolute atomic E-state index is 0.131. The van der Waals surface area contributed by atoms with Crippen LogP contribution in [0, 0.1) is 0 Å². The summed E-state index contributed by atoms with van der Waals surface area (Å²) < 4.78 is 10.9. The van der Waals surface area contributed by atoms with Crippen molar-refractivity contribution in [3.63, 3.8) is 0 Å². The Bertz CT molecular complexity index is 168. The quantitative estimate of drug-likeness (QED) is 0.432. The average Bonchev–Trinajstić information content (AvgIpc) is 2.25. The third-order valence-electron chi connectivity index (χ3n) is 2.56. The van der Waals surface area contributed by atoms with Crippen LogP contribution in [0.15, 0.2) is 0 Å². The Morgan fingerprint density at radius 3 is 2.24 bits per heavy atom. The van der Waals surface area contributed by atoms with Crippen molar-refractivity contribution in [3.05, 3.63) is 0 Å². The normalized spacial score (nSPS) is 15.2. The number of nitrogens with one attached hydrogen (secondary N) is 1. The standard InChI is InChI=1S/C13H29NO3/c1-5-9-13(4,15)11-14-10-8-12(16-6-2)17-7-3/h12,14-15H,5-11H2,1-4H3. The van der Waals surface area contributed by atoms with Crippen molar-refractivity contribution in [1.82, 2.24) is 5.32 Å². The molecule has 104 valence electrons. The van der Waals surface area contributed by atoms with Crippen LogP contribution < -0.4 is 5.32 Å². The van der Waals surface area contributed by atoms with Crippen LogP contribution in [0.3, 0.4) is 0 Å². The molecule has 0 radical (unpaired) electrons. The summed E-state index contributed by atoms with van der Waals surface area (Å²) in [7, 11) is 0. The first kappa shape index (κ1) is 16.8. The summed E-state index contributed by atoms with van der Waals surface area (Å²) >= 11 is 0. The third kappa shape index (κ3) is 9.53. The highest BCUT2D eigenvalue weighted by Gasteiger charge is 2.18. The maximum atomic E-state index is 9.96. The van der Waals surface area contributed by atoms with E-state index >= 15 is 0 Å². The summed E-state index contributed by atoms with van der Waals surface area (Å²) in [6.45, 7) is 10.6. The molecule has 0 aromatic heterocycles. The Labute approximate surface area is 106 Å². The Morgan fingerprint density at radius 1 is 1.18 bits per heavy atom. The van der Waals surface area contributed by atoms with Gasteiger partial charge < -0.3 is 19.9 Å². The highest BCUT2D eigenvalue weighted by atomic mass is 16.7. The molecule has 0 saturated heterocycles. The van der Waals surface area contributed by atoms with E-state index in [1.54, 1.807) is 0 Å². The van der Waals surface area contributed by atoms with E-state index in [9.17, 15) is 5.11 Å². The molecular weight excluding hydrogens is 218 g/mol. The summed E-state index contributed by atoms with van der Waals surface area (Å²) in [5.74, 6) is 0. The fourth-order valence-corrected chi connectivity index (χ4v) is 1.79. The number of aliphatic hydroxyl groups is 1. The molecule has 1 unspecified atom stereocenters. The minimum Gasteiger partial charge on any atom is -0.389 e. The molecule has 0 rings (SSSR count). The first-order valence-electron chi connectivity index (χ1n) is 6.72. The lowest BCUT2D eigenvalue weighted by Gasteiger charge is -2.24. The highest BCUT2D eigenvalue weighted by molar-refractivity contribution is 4.74. The van der Waals surface area contributed by atoms with E-state index in [0.29, 0.717) is 19.8 Å². The predicted molar refractivity (Wildman–Crippen MR) is 70.1 cm³/mol. The zero-order chi connectivity index (χ0) is 13.1. The lowest BCUT2D eigenvalue weighted by Crippen LogP contribution is -2.39. The third-order valence-corrected chi connectivity index (χ3v) is 2.56. The molecule has 4 nitrogen and oxygen atoms in total. The number of hydrogen-bond acceptors (Lipinski definition) is 4. The van der Waals surface area contributed by atoms with Gasteiger partial charge in [-0.15, -0.1) is 0 Å². The van der Waals surface area contributed by atoms with Gasteiger partial charge in [-0.3, -0.25) is 0 Å². The molecule has 0 heterocycles. The van der Waals surface area contributed by atoms with Gasteiger partial charge in [0.15, 0.2) is 6.29 Å². The van der Waals surface area contributed by atoms with E-state index < -0.39 is 5.60 Å². The van der Waals surface area contributed by atoms with Crippen molar-refractivity contribution in [2.75, 3.05) is 26.3 Å². The van der Waals surface area contributed by atoms with Crippen LogP contribution in [0.5, 0.6) is 0 Å². The van der Waals surface area contributed by atoms with Gasteiger partial charge in [0.05, 0.1) is 5.60 Å². The molecule has 17 heavy (non-hydrogen) atoms. The minimum atomic E-state index is -0.610. The van der Waals surface area contributed by atoms with Crippen molar-refractivity contribution in [2.45, 2.75) is 58.8 Å². The lowest BCUT2D eigenvalue weighted by atomic mass is 10.0. The molecular formula is C13H29NO3. The van der Waals surface area contributed by atoms with Gasteiger partial charge in [-0.05, 0) is 27.2 Å². The monoisotopic (exact) mass is 247 g/mol. The van der Waals surface area contributed by atoms with E-state index in [0.717, 1.165) is 25.8 Å². The molecule has 0 amide bonds. The van der Waals surface area contributed by atoms with E-state index in [1.807, 2.05) is 20.8 Å². The second-order valence-electron chi connectivity index (χ2n) is 4.55. The second kappa shape index (κ2) is 9.83. The van der Waals surface area contributed by atoms with Crippen molar-refractivity contribution in [2.24, 2.45) is 0 Å². The van der Waals surface area contributed by atoms with Gasteiger partial charge in [0.25, 0.3) is 0 Å². The summed E-state index contributed by atoms with van der Waals surface area (Å²) in [4.78, 5) is 0. The fraction of sp³-hybridized carbons (Fsp3) is 1.00. The maximum absolute atomic E-state index is 9.96. The topological polar surface area (TPSA) is 50.7 Å². The predicted octanol–water partition coefficient (Wildman–Crippen LogP) is 1.92.